The second kappa shape index (κ2) is 10.8. The molecule has 33 heavy (non-hydrogen) atoms. The van der Waals surface area contributed by atoms with Gasteiger partial charge in [-0.3, -0.25) is 0 Å². The Morgan fingerprint density at radius 3 is 2.64 bits per heavy atom. The highest BCUT2D eigenvalue weighted by Gasteiger charge is 2.46. The normalized spacial score (nSPS) is 34.3. The van der Waals surface area contributed by atoms with Crippen LogP contribution in [0, 0.1) is 23.2 Å². The van der Waals surface area contributed by atoms with E-state index in [-0.39, 0.29) is 5.41 Å². The molecule has 3 fully saturated rings. The van der Waals surface area contributed by atoms with Gasteiger partial charge in [0.25, 0.3) is 0 Å². The molecule has 3 rings (SSSR count). The van der Waals surface area contributed by atoms with E-state index in [9.17, 15) is 15.3 Å². The summed E-state index contributed by atoms with van der Waals surface area (Å²) in [6.45, 7) is 12.7. The zero-order valence-electron chi connectivity index (χ0n) is 21.2. The molecule has 3 N–H and O–H groups in total. The molecule has 3 aliphatic carbocycles. The highest BCUT2D eigenvalue weighted by Crippen LogP contribution is 2.58. The Morgan fingerprint density at radius 2 is 1.94 bits per heavy atom. The Morgan fingerprint density at radius 1 is 1.21 bits per heavy atom. The molecule has 3 saturated carbocycles. The first-order chi connectivity index (χ1) is 15.6. The average molecular weight is 453 g/mol. The summed E-state index contributed by atoms with van der Waals surface area (Å²) in [6, 6.07) is 0. The molecule has 182 valence electrons. The van der Waals surface area contributed by atoms with Gasteiger partial charge in [0, 0.05) is 12.8 Å². The first-order valence-electron chi connectivity index (χ1n) is 13.0. The van der Waals surface area contributed by atoms with Gasteiger partial charge >= 0.3 is 0 Å². The van der Waals surface area contributed by atoms with Crippen LogP contribution in [0.3, 0.4) is 0 Å². The minimum Gasteiger partial charge on any atom is -0.393 e. The molecule has 0 aromatic rings. The Bertz CT molecular complexity index is 889. The Kier molecular flexibility index (Phi) is 8.49. The fraction of sp³-hybridized carbons (Fsp3) is 0.667. The SMILES string of the molecule is C=C1/C(=C\C=C2/CCC[C@]3(C)/C(=C(/C)C#CCCC(O)(CC)CC)CC[C@@H]23)C[C@@H](O)C[C@@H]1O. The van der Waals surface area contributed by atoms with Crippen LogP contribution in [0.1, 0.15) is 98.3 Å². The molecular weight excluding hydrogens is 408 g/mol. The summed E-state index contributed by atoms with van der Waals surface area (Å²) in [6.07, 6.45) is 13.0. The summed E-state index contributed by atoms with van der Waals surface area (Å²) in [4.78, 5) is 0. The van der Waals surface area contributed by atoms with Crippen molar-refractivity contribution in [1.82, 2.24) is 0 Å². The molecule has 0 spiro atoms. The Labute approximate surface area is 201 Å². The topological polar surface area (TPSA) is 60.7 Å². The van der Waals surface area contributed by atoms with Gasteiger partial charge in [-0.2, -0.15) is 0 Å². The third kappa shape index (κ3) is 5.73. The summed E-state index contributed by atoms with van der Waals surface area (Å²) in [5, 5.41) is 30.7. The van der Waals surface area contributed by atoms with Crippen LogP contribution < -0.4 is 0 Å². The monoisotopic (exact) mass is 452 g/mol. The first-order valence-corrected chi connectivity index (χ1v) is 13.0. The molecule has 0 aliphatic heterocycles. The molecule has 0 heterocycles. The molecule has 0 saturated heterocycles. The third-order valence-electron chi connectivity index (χ3n) is 8.77. The Hall–Kier alpha value is -1.60. The van der Waals surface area contributed by atoms with Crippen LogP contribution in [0.2, 0.25) is 0 Å². The molecule has 0 bridgehead atoms. The summed E-state index contributed by atoms with van der Waals surface area (Å²) >= 11 is 0. The lowest BCUT2D eigenvalue weighted by molar-refractivity contribution is 0.0251. The summed E-state index contributed by atoms with van der Waals surface area (Å²) in [7, 11) is 0. The van der Waals surface area contributed by atoms with Crippen molar-refractivity contribution >= 4 is 0 Å². The molecule has 3 heteroatoms. The van der Waals surface area contributed by atoms with Crippen molar-refractivity contribution in [2.24, 2.45) is 11.3 Å². The van der Waals surface area contributed by atoms with E-state index in [1.807, 2.05) is 13.8 Å². The maximum atomic E-state index is 10.5. The number of hydrogen-bond donors (Lipinski definition) is 3. The first kappa shape index (κ1) is 26.0. The predicted molar refractivity (Wildman–Crippen MR) is 136 cm³/mol. The lowest BCUT2D eigenvalue weighted by atomic mass is 9.65. The molecule has 0 amide bonds. The largest absolute Gasteiger partial charge is 0.393 e. The third-order valence-corrected chi connectivity index (χ3v) is 8.77. The van der Waals surface area contributed by atoms with E-state index in [1.165, 1.54) is 29.6 Å². The summed E-state index contributed by atoms with van der Waals surface area (Å²) < 4.78 is 0. The van der Waals surface area contributed by atoms with Gasteiger partial charge < -0.3 is 15.3 Å². The van der Waals surface area contributed by atoms with Gasteiger partial charge in [-0.05, 0) is 92.8 Å². The van der Waals surface area contributed by atoms with Gasteiger partial charge in [-0.15, -0.1) is 0 Å². The van der Waals surface area contributed by atoms with E-state index >= 15 is 0 Å². The minimum atomic E-state index is -0.636. The number of allylic oxidation sites excluding steroid dienone is 5. The van der Waals surface area contributed by atoms with Crippen LogP contribution >= 0.6 is 0 Å². The predicted octanol–water partition coefficient (Wildman–Crippen LogP) is 6.16. The molecule has 4 atom stereocenters. The highest BCUT2D eigenvalue weighted by molar-refractivity contribution is 5.42. The fourth-order valence-electron chi connectivity index (χ4n) is 6.31. The number of aliphatic hydroxyl groups excluding tert-OH is 2. The van der Waals surface area contributed by atoms with E-state index in [1.54, 1.807) is 0 Å². The smallest absolute Gasteiger partial charge is 0.0811 e. The maximum Gasteiger partial charge on any atom is 0.0811 e. The number of rotatable bonds is 5. The standard InChI is InChI=1S/C30H44O3/c1-6-30(33,7-2)18-9-8-11-21(3)26-15-16-27-23(12-10-17-29(26,27)5)13-14-24-19-25(31)20-28(32)22(24)4/h13-14,25,27-28,31-33H,4,6-7,9-10,12,15-20H2,1-3,5H3/b23-13+,24-14-,26-21-/t25-,27+,28+,29-/m1/s1. The van der Waals surface area contributed by atoms with Gasteiger partial charge in [0.2, 0.25) is 0 Å². The number of aliphatic hydroxyl groups is 3. The Balaban J connectivity index is 1.77. The van der Waals surface area contributed by atoms with Crippen molar-refractivity contribution in [3.8, 4) is 11.8 Å². The molecule has 0 unspecified atom stereocenters. The molecule has 0 aromatic carbocycles. The van der Waals surface area contributed by atoms with Gasteiger partial charge in [0.05, 0.1) is 17.8 Å². The van der Waals surface area contributed by atoms with E-state index in [0.29, 0.717) is 18.8 Å². The van der Waals surface area contributed by atoms with Gasteiger partial charge in [-0.25, -0.2) is 0 Å². The van der Waals surface area contributed by atoms with Crippen LogP contribution in [0.5, 0.6) is 0 Å². The molecular formula is C30H44O3. The second-order valence-electron chi connectivity index (χ2n) is 10.8. The lowest BCUT2D eigenvalue weighted by Gasteiger charge is -2.40. The molecule has 0 aromatic heterocycles. The van der Waals surface area contributed by atoms with E-state index in [4.69, 9.17) is 0 Å². The quantitative estimate of drug-likeness (QED) is 0.438. The van der Waals surface area contributed by atoms with Crippen molar-refractivity contribution in [3.05, 3.63) is 46.6 Å². The highest BCUT2D eigenvalue weighted by atomic mass is 16.3. The van der Waals surface area contributed by atoms with Gasteiger partial charge in [0.15, 0.2) is 0 Å². The van der Waals surface area contributed by atoms with Gasteiger partial charge in [-0.1, -0.05) is 62.5 Å². The lowest BCUT2D eigenvalue weighted by Crippen LogP contribution is -2.29. The molecule has 3 aliphatic rings. The number of hydrogen-bond acceptors (Lipinski definition) is 3. The van der Waals surface area contributed by atoms with Crippen LogP contribution in [0.25, 0.3) is 0 Å². The summed E-state index contributed by atoms with van der Waals surface area (Å²) in [5.74, 6) is 7.31. The zero-order chi connectivity index (χ0) is 24.2. The van der Waals surface area contributed by atoms with E-state index < -0.39 is 17.8 Å². The molecule has 0 radical (unpaired) electrons. The second-order valence-corrected chi connectivity index (χ2v) is 10.8. The van der Waals surface area contributed by atoms with Crippen molar-refractivity contribution in [1.29, 1.82) is 0 Å². The van der Waals surface area contributed by atoms with Crippen LogP contribution in [-0.4, -0.2) is 33.1 Å². The fourth-order valence-corrected chi connectivity index (χ4v) is 6.31. The maximum absolute atomic E-state index is 10.5. The van der Waals surface area contributed by atoms with Crippen LogP contribution in [-0.2, 0) is 0 Å². The van der Waals surface area contributed by atoms with E-state index in [0.717, 1.165) is 56.1 Å². The van der Waals surface area contributed by atoms with E-state index in [2.05, 4.69) is 44.4 Å². The minimum absolute atomic E-state index is 0.164. The van der Waals surface area contributed by atoms with Gasteiger partial charge in [0.1, 0.15) is 0 Å². The average Bonchev–Trinajstić information content (AvgIpc) is 3.15. The van der Waals surface area contributed by atoms with Crippen molar-refractivity contribution < 1.29 is 15.3 Å². The van der Waals surface area contributed by atoms with Crippen molar-refractivity contribution in [3.63, 3.8) is 0 Å². The zero-order valence-corrected chi connectivity index (χ0v) is 21.2. The number of fused-ring (bicyclic) bond motifs is 1. The molecule has 3 nitrogen and oxygen atoms in total. The van der Waals surface area contributed by atoms with Crippen LogP contribution in [0.15, 0.2) is 46.6 Å². The van der Waals surface area contributed by atoms with Crippen molar-refractivity contribution in [2.45, 2.75) is 116 Å². The van der Waals surface area contributed by atoms with Crippen molar-refractivity contribution in [2.75, 3.05) is 0 Å². The van der Waals surface area contributed by atoms with Crippen LogP contribution in [0.4, 0.5) is 0 Å². The summed E-state index contributed by atoms with van der Waals surface area (Å²) in [5.41, 5.74) is 5.56.